The Kier molecular flexibility index (Phi) is 5.65. The molecule has 3 unspecified atom stereocenters. The van der Waals surface area contributed by atoms with Crippen LogP contribution in [0.2, 0.25) is 10.0 Å². The van der Waals surface area contributed by atoms with Crippen LogP contribution in [0.15, 0.2) is 60.7 Å². The Balaban J connectivity index is 1.66. The molecule has 5 rings (SSSR count). The minimum absolute atomic E-state index is 0.102. The second-order valence-corrected chi connectivity index (χ2v) is 9.39. The van der Waals surface area contributed by atoms with Crippen LogP contribution in [0.4, 0.5) is 0 Å². The van der Waals surface area contributed by atoms with E-state index < -0.39 is 24.2 Å². The molecule has 2 aliphatic rings. The lowest BCUT2D eigenvalue weighted by atomic mass is 9.80. The van der Waals surface area contributed by atoms with Crippen molar-refractivity contribution in [3.05, 3.63) is 104 Å². The van der Waals surface area contributed by atoms with Gasteiger partial charge in [0, 0.05) is 22.0 Å². The number of hydrogen-bond donors (Lipinski definition) is 2. The predicted molar refractivity (Wildman–Crippen MR) is 126 cm³/mol. The lowest BCUT2D eigenvalue weighted by Gasteiger charge is -2.46. The number of aromatic carboxylic acids is 1. The van der Waals surface area contributed by atoms with Crippen molar-refractivity contribution in [1.82, 2.24) is 4.90 Å². The van der Waals surface area contributed by atoms with E-state index in [9.17, 15) is 19.8 Å². The summed E-state index contributed by atoms with van der Waals surface area (Å²) >= 11 is 12.7. The van der Waals surface area contributed by atoms with E-state index in [2.05, 4.69) is 0 Å². The average molecular weight is 482 g/mol. The van der Waals surface area contributed by atoms with Crippen LogP contribution in [0.3, 0.4) is 0 Å². The highest BCUT2D eigenvalue weighted by Crippen LogP contribution is 2.41. The van der Waals surface area contributed by atoms with Gasteiger partial charge in [-0.3, -0.25) is 4.79 Å². The van der Waals surface area contributed by atoms with Gasteiger partial charge in [0.05, 0.1) is 23.8 Å². The number of carboxylic acid groups (broad SMARTS) is 1. The topological polar surface area (TPSA) is 77.8 Å². The van der Waals surface area contributed by atoms with Gasteiger partial charge in [0.1, 0.15) is 0 Å². The quantitative estimate of drug-likeness (QED) is 0.554. The van der Waals surface area contributed by atoms with Gasteiger partial charge in [-0.2, -0.15) is 0 Å². The first-order valence-corrected chi connectivity index (χ1v) is 11.5. The van der Waals surface area contributed by atoms with Crippen LogP contribution in [0, 0.1) is 0 Å². The van der Waals surface area contributed by atoms with Crippen LogP contribution in [-0.2, 0) is 19.3 Å². The Bertz CT molecular complexity index is 1270. The van der Waals surface area contributed by atoms with Gasteiger partial charge in [-0.25, -0.2) is 4.79 Å². The minimum Gasteiger partial charge on any atom is -0.478 e. The Hall–Kier alpha value is -2.86. The molecule has 0 bridgehead atoms. The molecule has 0 fully saturated rings. The molecule has 7 heteroatoms. The molecule has 3 aromatic carbocycles. The van der Waals surface area contributed by atoms with Crippen LogP contribution in [0.1, 0.15) is 49.0 Å². The molecule has 168 valence electrons. The first-order valence-electron chi connectivity index (χ1n) is 10.7. The molecule has 33 heavy (non-hydrogen) atoms. The van der Waals surface area contributed by atoms with E-state index in [1.807, 2.05) is 24.3 Å². The molecule has 2 N–H and O–H groups in total. The summed E-state index contributed by atoms with van der Waals surface area (Å²) in [6.45, 7) is 0. The van der Waals surface area contributed by atoms with Gasteiger partial charge in [0.25, 0.3) is 5.91 Å². The fraction of sp³-hybridized carbons (Fsp3) is 0.231. The minimum atomic E-state index is -1.08. The molecule has 1 aliphatic carbocycles. The van der Waals surface area contributed by atoms with Gasteiger partial charge in [-0.1, -0.05) is 59.6 Å². The van der Waals surface area contributed by atoms with Crippen LogP contribution in [-0.4, -0.2) is 39.1 Å². The van der Waals surface area contributed by atoms with Crippen LogP contribution in [0.5, 0.6) is 0 Å². The molecule has 3 aromatic rings. The highest BCUT2D eigenvalue weighted by Gasteiger charge is 2.43. The number of fused-ring (bicyclic) bond motifs is 2. The van der Waals surface area contributed by atoms with Gasteiger partial charge >= 0.3 is 5.97 Å². The first-order chi connectivity index (χ1) is 15.8. The number of rotatable bonds is 3. The maximum Gasteiger partial charge on any atom is 0.335 e. The highest BCUT2D eigenvalue weighted by molar-refractivity contribution is 6.35. The van der Waals surface area contributed by atoms with Gasteiger partial charge in [0.2, 0.25) is 0 Å². The van der Waals surface area contributed by atoms with Crippen LogP contribution >= 0.6 is 23.2 Å². The lowest BCUT2D eigenvalue weighted by molar-refractivity contribution is 0.0128. The Labute approximate surface area is 201 Å². The zero-order chi connectivity index (χ0) is 23.3. The van der Waals surface area contributed by atoms with Crippen molar-refractivity contribution in [2.45, 2.75) is 37.5 Å². The third-order valence-corrected chi connectivity index (χ3v) is 7.27. The fourth-order valence-electron chi connectivity index (χ4n) is 5.16. The largest absolute Gasteiger partial charge is 0.478 e. The predicted octanol–water partition coefficient (Wildman–Crippen LogP) is 4.96. The second-order valence-electron chi connectivity index (χ2n) is 8.55. The molecule has 3 atom stereocenters. The number of nitrogens with zero attached hydrogens (tertiary/aromatic N) is 1. The number of hydrogen-bond acceptors (Lipinski definition) is 3. The van der Waals surface area contributed by atoms with Gasteiger partial charge < -0.3 is 15.1 Å². The zero-order valence-electron chi connectivity index (χ0n) is 17.5. The monoisotopic (exact) mass is 481 g/mol. The smallest absolute Gasteiger partial charge is 0.335 e. The standard InChI is InChI=1S/C26H21Cl2NO4/c27-16-8-9-19(21(28)12-16)22-13-20-17(6-3-7-18(20)26(32)33)25(31)29(22)23-10-14-4-1-2-5-15(14)11-24(23)30/h1-9,12,22-24,30H,10-11,13H2,(H,32,33). The van der Waals surface area contributed by atoms with Gasteiger partial charge in [0.15, 0.2) is 0 Å². The molecular formula is C26H21Cl2NO4. The van der Waals surface area contributed by atoms with E-state index in [0.717, 1.165) is 11.1 Å². The number of amides is 1. The average Bonchev–Trinajstić information content (AvgIpc) is 2.78. The summed E-state index contributed by atoms with van der Waals surface area (Å²) in [6.07, 6.45) is 0.448. The molecule has 0 saturated heterocycles. The molecule has 5 nitrogen and oxygen atoms in total. The molecule has 0 spiro atoms. The summed E-state index contributed by atoms with van der Waals surface area (Å²) in [5, 5.41) is 21.7. The van der Waals surface area contributed by atoms with Crippen molar-refractivity contribution in [3.8, 4) is 0 Å². The first kappa shape index (κ1) is 22.0. The van der Waals surface area contributed by atoms with Crippen LogP contribution in [0.25, 0.3) is 0 Å². The van der Waals surface area contributed by atoms with E-state index in [-0.39, 0.29) is 17.9 Å². The summed E-state index contributed by atoms with van der Waals surface area (Å²) < 4.78 is 0. The SMILES string of the molecule is O=C(O)c1cccc2c1CC(c1ccc(Cl)cc1Cl)N(C1Cc3ccccc3CC1O)C2=O. The number of aliphatic hydroxyl groups excluding tert-OH is 1. The van der Waals surface area contributed by atoms with Gasteiger partial charge in [-0.05, 0) is 59.4 Å². The van der Waals surface area contributed by atoms with E-state index in [0.29, 0.717) is 39.6 Å². The second kappa shape index (κ2) is 8.49. The third-order valence-electron chi connectivity index (χ3n) is 6.70. The maximum absolute atomic E-state index is 13.9. The maximum atomic E-state index is 13.9. The number of carbonyl (C=O) groups is 2. The van der Waals surface area contributed by atoms with E-state index in [4.69, 9.17) is 23.2 Å². The van der Waals surface area contributed by atoms with E-state index in [1.54, 1.807) is 35.2 Å². The fourth-order valence-corrected chi connectivity index (χ4v) is 5.69. The highest BCUT2D eigenvalue weighted by atomic mass is 35.5. The van der Waals surface area contributed by atoms with Crippen molar-refractivity contribution in [3.63, 3.8) is 0 Å². The Morgan fingerprint density at radius 1 is 0.939 bits per heavy atom. The summed E-state index contributed by atoms with van der Waals surface area (Å²) in [7, 11) is 0. The lowest BCUT2D eigenvalue weighted by Crippen LogP contribution is -2.54. The number of halogens is 2. The summed E-state index contributed by atoms with van der Waals surface area (Å²) in [5.74, 6) is -1.39. The number of aliphatic hydroxyl groups is 1. The third kappa shape index (κ3) is 3.80. The molecule has 0 saturated carbocycles. The number of carboxylic acids is 1. The van der Waals surface area contributed by atoms with E-state index >= 15 is 0 Å². The molecule has 1 amide bonds. The normalized spacial score (nSPS) is 22.0. The number of benzene rings is 3. The molecular weight excluding hydrogens is 461 g/mol. The summed E-state index contributed by atoms with van der Waals surface area (Å²) in [4.78, 5) is 27.5. The summed E-state index contributed by atoms with van der Waals surface area (Å²) in [5.41, 5.74) is 3.76. The van der Waals surface area contributed by atoms with Crippen LogP contribution < -0.4 is 0 Å². The Morgan fingerprint density at radius 2 is 1.67 bits per heavy atom. The molecule has 0 aromatic heterocycles. The Morgan fingerprint density at radius 3 is 2.36 bits per heavy atom. The number of carbonyl (C=O) groups excluding carboxylic acids is 1. The van der Waals surface area contributed by atoms with Crippen molar-refractivity contribution < 1.29 is 19.8 Å². The van der Waals surface area contributed by atoms with Crippen molar-refractivity contribution >= 4 is 35.1 Å². The molecule has 1 heterocycles. The summed E-state index contributed by atoms with van der Waals surface area (Å²) in [6, 6.07) is 16.7. The van der Waals surface area contributed by atoms with Crippen molar-refractivity contribution in [2.75, 3.05) is 0 Å². The molecule has 0 radical (unpaired) electrons. The van der Waals surface area contributed by atoms with Crippen molar-refractivity contribution in [2.24, 2.45) is 0 Å². The van der Waals surface area contributed by atoms with Gasteiger partial charge in [-0.15, -0.1) is 0 Å². The zero-order valence-corrected chi connectivity index (χ0v) is 19.1. The molecule has 1 aliphatic heterocycles. The van der Waals surface area contributed by atoms with E-state index in [1.165, 1.54) is 6.07 Å². The van der Waals surface area contributed by atoms with Crippen molar-refractivity contribution in [1.29, 1.82) is 0 Å².